The van der Waals surface area contributed by atoms with Crippen molar-refractivity contribution in [3.63, 3.8) is 0 Å². The molecule has 0 aliphatic carbocycles. The lowest BCUT2D eigenvalue weighted by atomic mass is 9.85. The molecule has 3 rings (SSSR count). The van der Waals surface area contributed by atoms with E-state index in [1.54, 1.807) is 0 Å². The Labute approximate surface area is 126 Å². The number of benzene rings is 1. The number of aromatic nitrogens is 2. The van der Waals surface area contributed by atoms with Crippen LogP contribution < -0.4 is 10.1 Å². The predicted octanol–water partition coefficient (Wildman–Crippen LogP) is 3.12. The van der Waals surface area contributed by atoms with Crippen LogP contribution >= 0.6 is 0 Å². The van der Waals surface area contributed by atoms with Crippen LogP contribution in [0.5, 0.6) is 5.75 Å². The number of hydrogen-bond acceptors (Lipinski definition) is 3. The highest BCUT2D eigenvalue weighted by Crippen LogP contribution is 2.41. The van der Waals surface area contributed by atoms with Crippen LogP contribution in [0.3, 0.4) is 0 Å². The molecule has 0 bridgehead atoms. The number of hydrogen-bond donors (Lipinski definition) is 1. The average molecular weight is 285 g/mol. The number of rotatable bonds is 5. The van der Waals surface area contributed by atoms with Crippen molar-refractivity contribution in [3.8, 4) is 5.75 Å². The van der Waals surface area contributed by atoms with Gasteiger partial charge >= 0.3 is 0 Å². The van der Waals surface area contributed by atoms with Gasteiger partial charge in [0, 0.05) is 18.7 Å². The zero-order chi connectivity index (χ0) is 14.7. The Bertz CT molecular complexity index is 593. The first-order chi connectivity index (χ1) is 10.3. The normalized spacial score (nSPS) is 18.9. The van der Waals surface area contributed by atoms with E-state index in [-0.39, 0.29) is 6.04 Å². The molecule has 1 aliphatic rings. The summed E-state index contributed by atoms with van der Waals surface area (Å²) in [5.74, 6) is 1.45. The number of nitrogens with zero attached hydrogens (tertiary/aromatic N) is 2. The highest BCUT2D eigenvalue weighted by molar-refractivity contribution is 5.39. The van der Waals surface area contributed by atoms with E-state index in [1.165, 1.54) is 11.3 Å². The van der Waals surface area contributed by atoms with E-state index in [1.807, 2.05) is 12.3 Å². The van der Waals surface area contributed by atoms with Gasteiger partial charge in [-0.1, -0.05) is 25.1 Å². The monoisotopic (exact) mass is 285 g/mol. The summed E-state index contributed by atoms with van der Waals surface area (Å²) in [5.41, 5.74) is 2.57. The van der Waals surface area contributed by atoms with Gasteiger partial charge in [-0.05, 0) is 37.6 Å². The molecule has 21 heavy (non-hydrogen) atoms. The molecule has 1 aromatic carbocycles. The Balaban J connectivity index is 1.99. The third-order valence-electron chi connectivity index (χ3n) is 4.20. The van der Waals surface area contributed by atoms with Crippen LogP contribution in [0.25, 0.3) is 0 Å². The number of nitrogens with one attached hydrogen (secondary N) is 1. The minimum Gasteiger partial charge on any atom is -0.493 e. The standard InChI is InChI=1S/C17H23N3O/c1-3-18-17(15-9-11-19-20(15)4-2)14-10-12-21-16-8-6-5-7-13(14)16/h5-9,11,14,17-18H,3-4,10,12H2,1-2H3. The summed E-state index contributed by atoms with van der Waals surface area (Å²) in [6, 6.07) is 10.8. The molecule has 0 radical (unpaired) electrons. The molecular formula is C17H23N3O. The molecule has 1 aliphatic heterocycles. The van der Waals surface area contributed by atoms with E-state index in [4.69, 9.17) is 4.74 Å². The third-order valence-corrected chi connectivity index (χ3v) is 4.20. The van der Waals surface area contributed by atoms with Gasteiger partial charge in [0.15, 0.2) is 0 Å². The van der Waals surface area contributed by atoms with Crippen molar-refractivity contribution in [1.82, 2.24) is 15.1 Å². The molecule has 2 aromatic rings. The fourth-order valence-corrected chi connectivity index (χ4v) is 3.26. The third kappa shape index (κ3) is 2.68. The quantitative estimate of drug-likeness (QED) is 0.917. The molecular weight excluding hydrogens is 262 g/mol. The highest BCUT2D eigenvalue weighted by Gasteiger charge is 2.31. The number of fused-ring (bicyclic) bond motifs is 1. The maximum Gasteiger partial charge on any atom is 0.122 e. The Kier molecular flexibility index (Phi) is 4.25. The van der Waals surface area contributed by atoms with Crippen molar-refractivity contribution in [2.75, 3.05) is 13.2 Å². The zero-order valence-electron chi connectivity index (χ0n) is 12.7. The molecule has 1 aromatic heterocycles. The summed E-state index contributed by atoms with van der Waals surface area (Å²) >= 11 is 0. The average Bonchev–Trinajstić information content (AvgIpc) is 3.00. The topological polar surface area (TPSA) is 39.1 Å². The number of aryl methyl sites for hydroxylation is 1. The molecule has 2 unspecified atom stereocenters. The van der Waals surface area contributed by atoms with Crippen LogP contribution in [0.2, 0.25) is 0 Å². The van der Waals surface area contributed by atoms with E-state index in [9.17, 15) is 0 Å². The second-order valence-electron chi connectivity index (χ2n) is 5.39. The van der Waals surface area contributed by atoms with E-state index in [0.717, 1.165) is 31.9 Å². The lowest BCUT2D eigenvalue weighted by Gasteiger charge is -2.33. The van der Waals surface area contributed by atoms with Crippen LogP contribution in [0, 0.1) is 0 Å². The maximum absolute atomic E-state index is 5.81. The van der Waals surface area contributed by atoms with E-state index in [0.29, 0.717) is 5.92 Å². The summed E-state index contributed by atoms with van der Waals surface area (Å²) in [6.45, 7) is 6.92. The number of ether oxygens (including phenoxy) is 1. The van der Waals surface area contributed by atoms with Crippen LogP contribution in [-0.4, -0.2) is 22.9 Å². The fourth-order valence-electron chi connectivity index (χ4n) is 3.26. The van der Waals surface area contributed by atoms with Gasteiger partial charge in [-0.15, -0.1) is 0 Å². The smallest absolute Gasteiger partial charge is 0.122 e. The Morgan fingerprint density at radius 1 is 1.33 bits per heavy atom. The molecule has 4 nitrogen and oxygen atoms in total. The van der Waals surface area contributed by atoms with Gasteiger partial charge < -0.3 is 10.1 Å². The van der Waals surface area contributed by atoms with Gasteiger partial charge in [0.1, 0.15) is 5.75 Å². The summed E-state index contributed by atoms with van der Waals surface area (Å²) in [5, 5.41) is 8.09. The molecule has 4 heteroatoms. The molecule has 0 saturated carbocycles. The summed E-state index contributed by atoms with van der Waals surface area (Å²) in [4.78, 5) is 0. The fraction of sp³-hybridized carbons (Fsp3) is 0.471. The number of para-hydroxylation sites is 1. The Hall–Kier alpha value is -1.81. The van der Waals surface area contributed by atoms with E-state index in [2.05, 4.69) is 53.2 Å². The molecule has 0 spiro atoms. The van der Waals surface area contributed by atoms with Gasteiger partial charge in [0.25, 0.3) is 0 Å². The molecule has 0 fully saturated rings. The SMILES string of the molecule is CCNC(c1ccnn1CC)C1CCOc2ccccc21. The largest absolute Gasteiger partial charge is 0.493 e. The minimum absolute atomic E-state index is 0.280. The zero-order valence-corrected chi connectivity index (χ0v) is 12.7. The van der Waals surface area contributed by atoms with Crippen LogP contribution in [0.15, 0.2) is 36.5 Å². The van der Waals surface area contributed by atoms with Gasteiger partial charge in [0.05, 0.1) is 18.3 Å². The van der Waals surface area contributed by atoms with E-state index < -0.39 is 0 Å². The predicted molar refractivity (Wildman–Crippen MR) is 83.6 cm³/mol. The van der Waals surface area contributed by atoms with Crippen molar-refractivity contribution < 1.29 is 4.74 Å². The Morgan fingerprint density at radius 2 is 2.19 bits per heavy atom. The van der Waals surface area contributed by atoms with Crippen molar-refractivity contribution in [3.05, 3.63) is 47.8 Å². The van der Waals surface area contributed by atoms with Crippen molar-refractivity contribution >= 4 is 0 Å². The first-order valence-corrected chi connectivity index (χ1v) is 7.82. The van der Waals surface area contributed by atoms with Crippen molar-refractivity contribution in [2.24, 2.45) is 0 Å². The van der Waals surface area contributed by atoms with Gasteiger partial charge in [-0.2, -0.15) is 5.10 Å². The van der Waals surface area contributed by atoms with E-state index >= 15 is 0 Å². The molecule has 112 valence electrons. The lowest BCUT2D eigenvalue weighted by Crippen LogP contribution is -2.32. The maximum atomic E-state index is 5.81. The second kappa shape index (κ2) is 6.31. The van der Waals surface area contributed by atoms with Crippen LogP contribution in [0.1, 0.15) is 43.5 Å². The molecule has 2 heterocycles. The summed E-state index contributed by atoms with van der Waals surface area (Å²) in [6.07, 6.45) is 2.93. The highest BCUT2D eigenvalue weighted by atomic mass is 16.5. The molecule has 2 atom stereocenters. The minimum atomic E-state index is 0.280. The lowest BCUT2D eigenvalue weighted by molar-refractivity contribution is 0.243. The van der Waals surface area contributed by atoms with Crippen LogP contribution in [0.4, 0.5) is 0 Å². The van der Waals surface area contributed by atoms with Gasteiger partial charge in [0.2, 0.25) is 0 Å². The number of likely N-dealkylation sites (N-methyl/N-ethyl adjacent to an activating group) is 1. The van der Waals surface area contributed by atoms with Crippen molar-refractivity contribution in [1.29, 1.82) is 0 Å². The second-order valence-corrected chi connectivity index (χ2v) is 5.39. The van der Waals surface area contributed by atoms with Crippen molar-refractivity contribution in [2.45, 2.75) is 38.8 Å². The Morgan fingerprint density at radius 3 is 3.00 bits per heavy atom. The summed E-state index contributed by atoms with van der Waals surface area (Å²) in [7, 11) is 0. The summed E-state index contributed by atoms with van der Waals surface area (Å²) < 4.78 is 7.89. The van der Waals surface area contributed by atoms with Gasteiger partial charge in [-0.3, -0.25) is 4.68 Å². The molecule has 1 N–H and O–H groups in total. The molecule has 0 amide bonds. The first kappa shape index (κ1) is 14.1. The first-order valence-electron chi connectivity index (χ1n) is 7.82. The van der Waals surface area contributed by atoms with Gasteiger partial charge in [-0.25, -0.2) is 0 Å². The van der Waals surface area contributed by atoms with Crippen LogP contribution in [-0.2, 0) is 6.54 Å². The molecule has 0 saturated heterocycles.